The van der Waals surface area contributed by atoms with Crippen LogP contribution in [0.1, 0.15) is 13.8 Å². The van der Waals surface area contributed by atoms with Crippen LogP contribution in [0.2, 0.25) is 0 Å². The molecule has 8 heteroatoms. The maximum absolute atomic E-state index is 9.75. The minimum Gasteiger partial charge on any atom is -0.389 e. The lowest BCUT2D eigenvalue weighted by Gasteiger charge is -2.27. The maximum atomic E-state index is 9.75. The van der Waals surface area contributed by atoms with Crippen LogP contribution in [-0.2, 0) is 4.74 Å². The summed E-state index contributed by atoms with van der Waals surface area (Å²) >= 11 is 0. The Bertz CT molecular complexity index is 442. The first-order valence-electron chi connectivity index (χ1n) is 6.71. The van der Waals surface area contributed by atoms with E-state index in [1.165, 1.54) is 0 Å². The van der Waals surface area contributed by atoms with Crippen molar-refractivity contribution in [3.8, 4) is 0 Å². The van der Waals surface area contributed by atoms with Crippen LogP contribution in [0.5, 0.6) is 0 Å². The van der Waals surface area contributed by atoms with Gasteiger partial charge in [-0.05, 0) is 13.8 Å². The lowest BCUT2D eigenvalue weighted by molar-refractivity contribution is 0.0943. The summed E-state index contributed by atoms with van der Waals surface area (Å²) in [5, 5.41) is 15.7. The van der Waals surface area contributed by atoms with Gasteiger partial charge >= 0.3 is 0 Å². The summed E-state index contributed by atoms with van der Waals surface area (Å²) in [6.45, 7) is 6.69. The van der Waals surface area contributed by atoms with Crippen LogP contribution in [-0.4, -0.2) is 65.6 Å². The quantitative estimate of drug-likeness (QED) is 0.691. The largest absolute Gasteiger partial charge is 0.389 e. The highest BCUT2D eigenvalue weighted by molar-refractivity contribution is 5.43. The molecule has 0 atom stereocenters. The van der Waals surface area contributed by atoms with Crippen LogP contribution < -0.4 is 15.5 Å². The average Bonchev–Trinajstić information content (AvgIpc) is 2.45. The minimum atomic E-state index is -0.828. The fourth-order valence-corrected chi connectivity index (χ4v) is 1.76. The molecule has 1 fully saturated rings. The third-order valence-electron chi connectivity index (χ3n) is 2.82. The zero-order valence-electron chi connectivity index (χ0n) is 12.2. The summed E-state index contributed by atoms with van der Waals surface area (Å²) in [4.78, 5) is 15.0. The second-order valence-electron chi connectivity index (χ2n) is 5.30. The molecule has 0 aliphatic carbocycles. The molecule has 3 N–H and O–H groups in total. The van der Waals surface area contributed by atoms with Crippen LogP contribution in [0.25, 0.3) is 0 Å². The Kier molecular flexibility index (Phi) is 4.56. The van der Waals surface area contributed by atoms with E-state index in [4.69, 9.17) is 4.74 Å². The number of aliphatic hydroxyl groups is 1. The summed E-state index contributed by atoms with van der Waals surface area (Å²) in [6.07, 6.45) is 0. The number of nitrogens with one attached hydrogen (secondary N) is 2. The smallest absolute Gasteiger partial charge is 0.232 e. The number of aromatic nitrogens is 3. The molecule has 1 saturated heterocycles. The second-order valence-corrected chi connectivity index (χ2v) is 5.30. The Morgan fingerprint density at radius 3 is 2.45 bits per heavy atom. The predicted molar refractivity (Wildman–Crippen MR) is 77.2 cm³/mol. The maximum Gasteiger partial charge on any atom is 0.232 e. The van der Waals surface area contributed by atoms with Gasteiger partial charge in [0.2, 0.25) is 17.8 Å². The van der Waals surface area contributed by atoms with Crippen molar-refractivity contribution in [2.75, 3.05) is 55.4 Å². The van der Waals surface area contributed by atoms with E-state index in [2.05, 4.69) is 30.5 Å². The number of hydrogen-bond acceptors (Lipinski definition) is 8. The molecule has 1 aliphatic rings. The number of anilines is 3. The van der Waals surface area contributed by atoms with Crippen molar-refractivity contribution in [1.29, 1.82) is 0 Å². The van der Waals surface area contributed by atoms with Crippen molar-refractivity contribution >= 4 is 17.8 Å². The number of nitrogens with zero attached hydrogens (tertiary/aromatic N) is 4. The van der Waals surface area contributed by atoms with E-state index in [-0.39, 0.29) is 0 Å². The molecule has 1 aromatic rings. The normalized spacial score (nSPS) is 16.1. The molecule has 0 radical (unpaired) electrons. The monoisotopic (exact) mass is 282 g/mol. The fraction of sp³-hybridized carbons (Fsp3) is 0.750. The topological polar surface area (TPSA) is 95.4 Å². The molecular formula is C12H22N6O2. The van der Waals surface area contributed by atoms with Crippen molar-refractivity contribution in [3.05, 3.63) is 0 Å². The van der Waals surface area contributed by atoms with Gasteiger partial charge in [0.05, 0.1) is 18.8 Å². The second kappa shape index (κ2) is 6.19. The highest BCUT2D eigenvalue weighted by atomic mass is 16.5. The fourth-order valence-electron chi connectivity index (χ4n) is 1.76. The molecule has 2 heterocycles. The van der Waals surface area contributed by atoms with E-state index >= 15 is 0 Å². The predicted octanol–water partition coefficient (Wildman–Crippen LogP) is -0.0673. The first kappa shape index (κ1) is 14.7. The summed E-state index contributed by atoms with van der Waals surface area (Å²) in [7, 11) is 1.76. The molecule has 0 saturated carbocycles. The van der Waals surface area contributed by atoms with Gasteiger partial charge in [-0.2, -0.15) is 15.0 Å². The lowest BCUT2D eigenvalue weighted by Crippen LogP contribution is -2.38. The Morgan fingerprint density at radius 1 is 1.20 bits per heavy atom. The van der Waals surface area contributed by atoms with Gasteiger partial charge in [-0.25, -0.2) is 0 Å². The standard InChI is InChI=1S/C12H22N6O2/c1-12(2,19)8-14-10-15-9(13-3)16-11(17-10)18-4-6-20-7-5-18/h19H,4-8H2,1-3H3,(H2,13,14,15,16,17). The first-order valence-corrected chi connectivity index (χ1v) is 6.71. The van der Waals surface area contributed by atoms with E-state index < -0.39 is 5.60 Å². The van der Waals surface area contributed by atoms with Gasteiger partial charge in [-0.3, -0.25) is 0 Å². The van der Waals surface area contributed by atoms with Gasteiger partial charge < -0.3 is 25.4 Å². The highest BCUT2D eigenvalue weighted by Gasteiger charge is 2.17. The van der Waals surface area contributed by atoms with E-state index in [1.54, 1.807) is 20.9 Å². The van der Waals surface area contributed by atoms with Gasteiger partial charge in [0.1, 0.15) is 0 Å². The van der Waals surface area contributed by atoms with Gasteiger partial charge in [0, 0.05) is 26.7 Å². The molecule has 0 spiro atoms. The Morgan fingerprint density at radius 2 is 1.85 bits per heavy atom. The van der Waals surface area contributed by atoms with E-state index in [1.807, 2.05) is 0 Å². The van der Waals surface area contributed by atoms with Crippen LogP contribution >= 0.6 is 0 Å². The summed E-state index contributed by atoms with van der Waals surface area (Å²) in [6, 6.07) is 0. The van der Waals surface area contributed by atoms with Crippen LogP contribution in [0.15, 0.2) is 0 Å². The van der Waals surface area contributed by atoms with Gasteiger partial charge in [-0.1, -0.05) is 0 Å². The Balaban J connectivity index is 2.15. The van der Waals surface area contributed by atoms with E-state index in [0.717, 1.165) is 13.1 Å². The third kappa shape index (κ3) is 4.17. The molecule has 1 aromatic heterocycles. The zero-order valence-corrected chi connectivity index (χ0v) is 12.2. The van der Waals surface area contributed by atoms with Crippen LogP contribution in [0.3, 0.4) is 0 Å². The van der Waals surface area contributed by atoms with Gasteiger partial charge in [-0.15, -0.1) is 0 Å². The molecule has 0 bridgehead atoms. The Labute approximate surface area is 118 Å². The molecule has 20 heavy (non-hydrogen) atoms. The Hall–Kier alpha value is -1.67. The van der Waals surface area contributed by atoms with Crippen LogP contribution in [0, 0.1) is 0 Å². The van der Waals surface area contributed by atoms with E-state index in [9.17, 15) is 5.11 Å². The number of rotatable bonds is 5. The number of morpholine rings is 1. The molecule has 0 amide bonds. The molecule has 0 unspecified atom stereocenters. The van der Waals surface area contributed by atoms with Crippen molar-refractivity contribution in [2.45, 2.75) is 19.4 Å². The summed E-state index contributed by atoms with van der Waals surface area (Å²) in [5.41, 5.74) is -0.828. The minimum absolute atomic E-state index is 0.364. The van der Waals surface area contributed by atoms with Gasteiger partial charge in [0.25, 0.3) is 0 Å². The van der Waals surface area contributed by atoms with E-state index in [0.29, 0.717) is 37.6 Å². The molecule has 1 aliphatic heterocycles. The molecule has 2 rings (SSSR count). The molecule has 112 valence electrons. The third-order valence-corrected chi connectivity index (χ3v) is 2.82. The van der Waals surface area contributed by atoms with Crippen molar-refractivity contribution < 1.29 is 9.84 Å². The number of ether oxygens (including phenoxy) is 1. The first-order chi connectivity index (χ1) is 9.48. The SMILES string of the molecule is CNc1nc(NCC(C)(C)O)nc(N2CCOCC2)n1. The lowest BCUT2D eigenvalue weighted by atomic mass is 10.1. The molecular weight excluding hydrogens is 260 g/mol. The van der Waals surface area contributed by atoms with Crippen molar-refractivity contribution in [3.63, 3.8) is 0 Å². The molecule has 0 aromatic carbocycles. The van der Waals surface area contributed by atoms with Gasteiger partial charge in [0.15, 0.2) is 0 Å². The van der Waals surface area contributed by atoms with Crippen molar-refractivity contribution in [2.24, 2.45) is 0 Å². The summed E-state index contributed by atoms with van der Waals surface area (Å²) < 4.78 is 5.32. The van der Waals surface area contributed by atoms with Crippen LogP contribution in [0.4, 0.5) is 17.8 Å². The molecule has 8 nitrogen and oxygen atoms in total. The zero-order chi connectivity index (χ0) is 14.6. The van der Waals surface area contributed by atoms with Crippen molar-refractivity contribution in [1.82, 2.24) is 15.0 Å². The average molecular weight is 282 g/mol. The number of hydrogen-bond donors (Lipinski definition) is 3. The highest BCUT2D eigenvalue weighted by Crippen LogP contribution is 2.15. The summed E-state index contributed by atoms with van der Waals surface area (Å²) in [5.74, 6) is 1.57.